The topological polar surface area (TPSA) is 53.4 Å². The summed E-state index contributed by atoms with van der Waals surface area (Å²) in [7, 11) is 3.45. The van der Waals surface area contributed by atoms with Gasteiger partial charge in [0.05, 0.1) is 28.8 Å². The molecule has 0 fully saturated rings. The van der Waals surface area contributed by atoms with Crippen LogP contribution in [0.25, 0.3) is 0 Å². The lowest BCUT2D eigenvalue weighted by Gasteiger charge is -2.26. The van der Waals surface area contributed by atoms with Crippen molar-refractivity contribution in [3.8, 4) is 0 Å². The van der Waals surface area contributed by atoms with E-state index in [1.807, 2.05) is 10.7 Å². The first-order valence-corrected chi connectivity index (χ1v) is 8.68. The summed E-state index contributed by atoms with van der Waals surface area (Å²) in [6.07, 6.45) is 0. The maximum absolute atomic E-state index is 11.6. The van der Waals surface area contributed by atoms with E-state index in [0.717, 1.165) is 36.2 Å². The average molecular weight is 354 g/mol. The zero-order valence-corrected chi connectivity index (χ0v) is 14.8. The van der Waals surface area contributed by atoms with Gasteiger partial charge in [0, 0.05) is 38.6 Å². The summed E-state index contributed by atoms with van der Waals surface area (Å²) in [6.45, 7) is 4.07. The summed E-state index contributed by atoms with van der Waals surface area (Å²) in [5.74, 6) is 0. The minimum Gasteiger partial charge on any atom is -0.332 e. The largest absolute Gasteiger partial charge is 0.332 e. The van der Waals surface area contributed by atoms with Gasteiger partial charge >= 0.3 is 6.03 Å². The van der Waals surface area contributed by atoms with Crippen LogP contribution in [0.5, 0.6) is 0 Å². The predicted octanol–water partition coefficient (Wildman–Crippen LogP) is 2.38. The maximum Gasteiger partial charge on any atom is 0.317 e. The molecule has 0 saturated heterocycles. The molecule has 0 aromatic carbocycles. The fraction of sp³-hybridized carbons (Fsp3) is 0.467. The number of thiophene rings is 1. The summed E-state index contributed by atoms with van der Waals surface area (Å²) in [5.41, 5.74) is 2.09. The third-order valence-corrected chi connectivity index (χ3v) is 4.98. The SMILES string of the molecule is CN(C)C(=O)NCc1cc2n(n1)CCN(Cc1ccc(Cl)s1)C2. The molecule has 1 N–H and O–H groups in total. The number of hydrogen-bond donors (Lipinski definition) is 1. The molecule has 6 nitrogen and oxygen atoms in total. The van der Waals surface area contributed by atoms with E-state index in [1.54, 1.807) is 25.4 Å². The van der Waals surface area contributed by atoms with E-state index in [9.17, 15) is 4.79 Å². The number of amides is 2. The molecule has 1 aliphatic rings. The molecule has 2 aromatic rings. The molecular weight excluding hydrogens is 334 g/mol. The van der Waals surface area contributed by atoms with Crippen LogP contribution in [0.3, 0.4) is 0 Å². The fourth-order valence-corrected chi connectivity index (χ4v) is 3.71. The van der Waals surface area contributed by atoms with E-state index < -0.39 is 0 Å². The monoisotopic (exact) mass is 353 g/mol. The number of carbonyl (C=O) groups excluding carboxylic acids is 1. The molecule has 2 aromatic heterocycles. The fourth-order valence-electron chi connectivity index (χ4n) is 2.58. The molecule has 0 radical (unpaired) electrons. The van der Waals surface area contributed by atoms with Gasteiger partial charge < -0.3 is 10.2 Å². The van der Waals surface area contributed by atoms with Gasteiger partial charge in [0.1, 0.15) is 0 Å². The Hall–Kier alpha value is -1.57. The molecule has 0 saturated carbocycles. The van der Waals surface area contributed by atoms with E-state index in [1.165, 1.54) is 15.5 Å². The molecule has 8 heteroatoms. The maximum atomic E-state index is 11.6. The van der Waals surface area contributed by atoms with Gasteiger partial charge in [0.15, 0.2) is 0 Å². The van der Waals surface area contributed by atoms with E-state index >= 15 is 0 Å². The second kappa shape index (κ2) is 6.90. The lowest BCUT2D eigenvalue weighted by molar-refractivity contribution is 0.206. The highest BCUT2D eigenvalue weighted by Crippen LogP contribution is 2.24. The van der Waals surface area contributed by atoms with Crippen molar-refractivity contribution in [1.29, 1.82) is 0 Å². The first kappa shape index (κ1) is 16.3. The van der Waals surface area contributed by atoms with Crippen molar-refractivity contribution >= 4 is 29.0 Å². The van der Waals surface area contributed by atoms with E-state index in [0.29, 0.717) is 6.54 Å². The predicted molar refractivity (Wildman–Crippen MR) is 91.6 cm³/mol. The van der Waals surface area contributed by atoms with Crippen molar-refractivity contribution in [1.82, 2.24) is 24.9 Å². The molecule has 124 valence electrons. The number of nitrogens with zero attached hydrogens (tertiary/aromatic N) is 4. The second-order valence-corrected chi connectivity index (χ2v) is 7.62. The smallest absolute Gasteiger partial charge is 0.317 e. The van der Waals surface area contributed by atoms with Crippen LogP contribution in [0.15, 0.2) is 18.2 Å². The average Bonchev–Trinajstić information content (AvgIpc) is 3.10. The molecule has 0 unspecified atom stereocenters. The quantitative estimate of drug-likeness (QED) is 0.918. The normalized spacial score (nSPS) is 14.6. The highest BCUT2D eigenvalue weighted by atomic mass is 35.5. The van der Waals surface area contributed by atoms with Gasteiger partial charge in [-0.15, -0.1) is 11.3 Å². The first-order chi connectivity index (χ1) is 11.0. The zero-order chi connectivity index (χ0) is 16.4. The van der Waals surface area contributed by atoms with Crippen molar-refractivity contribution in [2.24, 2.45) is 0 Å². The molecule has 3 rings (SSSR count). The van der Waals surface area contributed by atoms with Crippen molar-refractivity contribution in [3.05, 3.63) is 38.8 Å². The van der Waals surface area contributed by atoms with Crippen LogP contribution in [0.4, 0.5) is 4.79 Å². The number of nitrogens with one attached hydrogen (secondary N) is 1. The summed E-state index contributed by atoms with van der Waals surface area (Å²) in [5, 5.41) is 7.41. The number of carbonyl (C=O) groups is 1. The van der Waals surface area contributed by atoms with Crippen molar-refractivity contribution in [2.45, 2.75) is 26.2 Å². The molecule has 0 bridgehead atoms. The van der Waals surface area contributed by atoms with Gasteiger partial charge in [-0.05, 0) is 18.2 Å². The Morgan fingerprint density at radius 2 is 2.26 bits per heavy atom. The van der Waals surface area contributed by atoms with Crippen LogP contribution >= 0.6 is 22.9 Å². The number of rotatable bonds is 4. The van der Waals surface area contributed by atoms with Crippen LogP contribution in [-0.2, 0) is 26.2 Å². The van der Waals surface area contributed by atoms with Gasteiger partial charge in [-0.2, -0.15) is 5.10 Å². The molecule has 0 spiro atoms. The zero-order valence-electron chi connectivity index (χ0n) is 13.3. The number of urea groups is 1. The Balaban J connectivity index is 1.59. The van der Waals surface area contributed by atoms with Crippen LogP contribution < -0.4 is 5.32 Å². The second-order valence-electron chi connectivity index (χ2n) is 5.82. The van der Waals surface area contributed by atoms with E-state index in [2.05, 4.69) is 27.4 Å². The molecule has 3 heterocycles. The standard InChI is InChI=1S/C15H20ClN5OS/c1-19(2)15(22)17-8-11-7-12-9-20(5-6-21(12)18-11)10-13-3-4-14(16)23-13/h3-4,7H,5-6,8-10H2,1-2H3,(H,17,22). The van der Waals surface area contributed by atoms with Crippen molar-refractivity contribution in [3.63, 3.8) is 0 Å². The molecule has 2 amide bonds. The highest BCUT2D eigenvalue weighted by Gasteiger charge is 2.19. The highest BCUT2D eigenvalue weighted by molar-refractivity contribution is 7.16. The summed E-state index contributed by atoms with van der Waals surface area (Å²) in [6, 6.07) is 6.00. The lowest BCUT2D eigenvalue weighted by atomic mass is 10.2. The van der Waals surface area contributed by atoms with Gasteiger partial charge in [0.25, 0.3) is 0 Å². The molecule has 1 aliphatic heterocycles. The third kappa shape index (κ3) is 4.04. The Labute approximate surface area is 144 Å². The lowest BCUT2D eigenvalue weighted by Crippen LogP contribution is -2.34. The minimum atomic E-state index is -0.104. The van der Waals surface area contributed by atoms with Crippen LogP contribution in [0.1, 0.15) is 16.3 Å². The van der Waals surface area contributed by atoms with Crippen LogP contribution in [0.2, 0.25) is 4.34 Å². The Morgan fingerprint density at radius 1 is 1.43 bits per heavy atom. The van der Waals surface area contributed by atoms with Crippen molar-refractivity contribution in [2.75, 3.05) is 20.6 Å². The molecule has 0 atom stereocenters. The minimum absolute atomic E-state index is 0.104. The first-order valence-electron chi connectivity index (χ1n) is 7.48. The van der Waals surface area contributed by atoms with E-state index in [-0.39, 0.29) is 6.03 Å². The number of aromatic nitrogens is 2. The van der Waals surface area contributed by atoms with Crippen molar-refractivity contribution < 1.29 is 4.79 Å². The summed E-state index contributed by atoms with van der Waals surface area (Å²) in [4.78, 5) is 16.8. The van der Waals surface area contributed by atoms with E-state index in [4.69, 9.17) is 11.6 Å². The number of halogens is 1. The molecule has 0 aliphatic carbocycles. The molecule has 23 heavy (non-hydrogen) atoms. The third-order valence-electron chi connectivity index (χ3n) is 3.76. The van der Waals surface area contributed by atoms with Gasteiger partial charge in [0.2, 0.25) is 0 Å². The Morgan fingerprint density at radius 3 is 2.96 bits per heavy atom. The number of fused-ring (bicyclic) bond motifs is 1. The van der Waals surface area contributed by atoms with Gasteiger partial charge in [-0.1, -0.05) is 11.6 Å². The van der Waals surface area contributed by atoms with Gasteiger partial charge in [-0.3, -0.25) is 9.58 Å². The summed E-state index contributed by atoms with van der Waals surface area (Å²) < 4.78 is 2.87. The Bertz CT molecular complexity index is 696. The van der Waals surface area contributed by atoms with Gasteiger partial charge in [-0.25, -0.2) is 4.79 Å². The van der Waals surface area contributed by atoms with Crippen LogP contribution in [0, 0.1) is 0 Å². The summed E-state index contributed by atoms with van der Waals surface area (Å²) >= 11 is 7.62. The number of hydrogen-bond acceptors (Lipinski definition) is 4. The van der Waals surface area contributed by atoms with Crippen LogP contribution in [-0.4, -0.2) is 46.3 Å². The molecular formula is C15H20ClN5OS. The Kier molecular flexibility index (Phi) is 4.89.